The summed E-state index contributed by atoms with van der Waals surface area (Å²) >= 11 is 0. The fraction of sp³-hybridized carbons (Fsp3) is 0.500. The standard InChI is InChI=1S/C10H14ClNO5S2/c1-3-18(14)5-4-12-10(13)8-6-9(7(2)17-8)19(11,15)16/h6H,3-5H2,1-2H3,(H,12,13). The van der Waals surface area contributed by atoms with Gasteiger partial charge >= 0.3 is 0 Å². The van der Waals surface area contributed by atoms with E-state index in [-0.39, 0.29) is 23.0 Å². The zero-order chi connectivity index (χ0) is 14.6. The third-order valence-corrected chi connectivity index (χ3v) is 5.03. The van der Waals surface area contributed by atoms with E-state index in [1.165, 1.54) is 6.92 Å². The maximum atomic E-state index is 11.7. The van der Waals surface area contributed by atoms with E-state index >= 15 is 0 Å². The van der Waals surface area contributed by atoms with Gasteiger partial charge in [0.15, 0.2) is 5.76 Å². The molecule has 0 aliphatic heterocycles. The van der Waals surface area contributed by atoms with Gasteiger partial charge in [0, 0.05) is 45.6 Å². The van der Waals surface area contributed by atoms with E-state index in [0.29, 0.717) is 11.5 Å². The summed E-state index contributed by atoms with van der Waals surface area (Å²) in [5, 5.41) is 2.49. The van der Waals surface area contributed by atoms with E-state index in [9.17, 15) is 17.4 Å². The highest BCUT2D eigenvalue weighted by Crippen LogP contribution is 2.23. The molecule has 1 heterocycles. The highest BCUT2D eigenvalue weighted by molar-refractivity contribution is 8.13. The van der Waals surface area contributed by atoms with Crippen molar-refractivity contribution >= 4 is 36.4 Å². The first kappa shape index (κ1) is 16.2. The maximum absolute atomic E-state index is 11.7. The van der Waals surface area contributed by atoms with Gasteiger partial charge in [0.25, 0.3) is 15.0 Å². The molecular weight excluding hydrogens is 314 g/mol. The number of furan rings is 1. The summed E-state index contributed by atoms with van der Waals surface area (Å²) in [5.74, 6) is 0.200. The van der Waals surface area contributed by atoms with Crippen molar-refractivity contribution in [3.8, 4) is 0 Å². The lowest BCUT2D eigenvalue weighted by molar-refractivity contribution is 0.0927. The number of halogens is 1. The van der Waals surface area contributed by atoms with E-state index in [2.05, 4.69) is 5.32 Å². The summed E-state index contributed by atoms with van der Waals surface area (Å²) in [6.45, 7) is 3.41. The van der Waals surface area contributed by atoms with E-state index in [1.807, 2.05) is 0 Å². The molecule has 0 saturated carbocycles. The molecule has 1 aromatic rings. The second kappa shape index (κ2) is 6.53. The van der Waals surface area contributed by atoms with Crippen molar-refractivity contribution in [2.24, 2.45) is 0 Å². The van der Waals surface area contributed by atoms with Crippen molar-refractivity contribution in [3.63, 3.8) is 0 Å². The normalized spacial score (nSPS) is 13.2. The first-order chi connectivity index (χ1) is 8.75. The molecule has 1 atom stereocenters. The second-order valence-corrected chi connectivity index (χ2v) is 8.06. The molecule has 1 amide bonds. The molecule has 0 aliphatic rings. The molecule has 9 heteroatoms. The van der Waals surface area contributed by atoms with Crippen LogP contribution in [-0.2, 0) is 19.9 Å². The summed E-state index contributed by atoms with van der Waals surface area (Å²) in [6, 6.07) is 1.07. The Hall–Kier alpha value is -0.860. The van der Waals surface area contributed by atoms with Crippen LogP contribution in [0.15, 0.2) is 15.4 Å². The van der Waals surface area contributed by atoms with Crippen LogP contribution in [0.5, 0.6) is 0 Å². The van der Waals surface area contributed by atoms with Gasteiger partial charge < -0.3 is 9.73 Å². The van der Waals surface area contributed by atoms with Crippen LogP contribution in [0, 0.1) is 6.92 Å². The van der Waals surface area contributed by atoms with Gasteiger partial charge in [-0.3, -0.25) is 9.00 Å². The molecule has 0 fully saturated rings. The Kier molecular flexibility index (Phi) is 5.57. The Labute approximate surface area is 118 Å². The molecule has 0 bridgehead atoms. The molecule has 108 valence electrons. The Morgan fingerprint density at radius 2 is 2.16 bits per heavy atom. The van der Waals surface area contributed by atoms with E-state index in [0.717, 1.165) is 6.07 Å². The fourth-order valence-corrected chi connectivity index (χ4v) is 3.04. The third kappa shape index (κ3) is 4.63. The Morgan fingerprint density at radius 1 is 1.53 bits per heavy atom. The molecule has 1 N–H and O–H groups in total. The number of carbonyl (C=O) groups is 1. The molecule has 19 heavy (non-hydrogen) atoms. The molecule has 0 spiro atoms. The lowest BCUT2D eigenvalue weighted by atomic mass is 10.4. The molecule has 0 radical (unpaired) electrons. The molecular formula is C10H14ClNO5S2. The number of hydrogen-bond acceptors (Lipinski definition) is 5. The van der Waals surface area contributed by atoms with Gasteiger partial charge in [-0.15, -0.1) is 0 Å². The number of hydrogen-bond donors (Lipinski definition) is 1. The van der Waals surface area contributed by atoms with Crippen LogP contribution in [0.4, 0.5) is 0 Å². The van der Waals surface area contributed by atoms with E-state index in [4.69, 9.17) is 15.1 Å². The number of rotatable bonds is 6. The SMILES string of the molecule is CCS(=O)CCNC(=O)c1cc(S(=O)(=O)Cl)c(C)o1. The minimum atomic E-state index is -3.93. The summed E-state index contributed by atoms with van der Waals surface area (Å²) in [6.07, 6.45) is 0. The number of nitrogens with one attached hydrogen (secondary N) is 1. The van der Waals surface area contributed by atoms with E-state index in [1.54, 1.807) is 6.92 Å². The van der Waals surface area contributed by atoms with E-state index < -0.39 is 25.8 Å². The van der Waals surface area contributed by atoms with Gasteiger partial charge in [-0.05, 0) is 6.92 Å². The topological polar surface area (TPSA) is 93.5 Å². The highest BCUT2D eigenvalue weighted by atomic mass is 35.7. The Bertz CT molecular complexity index is 593. The minimum Gasteiger partial charge on any atom is -0.455 e. The van der Waals surface area contributed by atoms with Crippen LogP contribution in [-0.4, -0.2) is 36.6 Å². The number of aryl methyl sites for hydroxylation is 1. The van der Waals surface area contributed by atoms with Gasteiger partial charge in [0.05, 0.1) is 0 Å². The highest BCUT2D eigenvalue weighted by Gasteiger charge is 2.21. The smallest absolute Gasteiger partial charge is 0.287 e. The Balaban J connectivity index is 2.71. The maximum Gasteiger partial charge on any atom is 0.287 e. The van der Waals surface area contributed by atoms with Crippen LogP contribution in [0.1, 0.15) is 23.2 Å². The van der Waals surface area contributed by atoms with Crippen LogP contribution in [0.2, 0.25) is 0 Å². The predicted molar refractivity (Wildman–Crippen MR) is 72.4 cm³/mol. The quantitative estimate of drug-likeness (QED) is 0.787. The van der Waals surface area contributed by atoms with Gasteiger partial charge in [-0.25, -0.2) is 8.42 Å². The monoisotopic (exact) mass is 327 g/mol. The lowest BCUT2D eigenvalue weighted by Gasteiger charge is -2.01. The molecule has 1 rings (SSSR count). The predicted octanol–water partition coefficient (Wildman–Crippen LogP) is 1.01. The molecule has 6 nitrogen and oxygen atoms in total. The fourth-order valence-electron chi connectivity index (χ4n) is 1.33. The van der Waals surface area contributed by atoms with Crippen molar-refractivity contribution < 1.29 is 21.8 Å². The van der Waals surface area contributed by atoms with Crippen molar-refractivity contribution in [3.05, 3.63) is 17.6 Å². The second-order valence-electron chi connectivity index (χ2n) is 3.66. The van der Waals surface area contributed by atoms with Gasteiger partial charge in [0.1, 0.15) is 10.7 Å². The van der Waals surface area contributed by atoms with Gasteiger partial charge in [-0.1, -0.05) is 6.92 Å². The zero-order valence-electron chi connectivity index (χ0n) is 10.4. The molecule has 1 unspecified atom stereocenters. The summed E-state index contributed by atoms with van der Waals surface area (Å²) in [4.78, 5) is 11.4. The zero-order valence-corrected chi connectivity index (χ0v) is 12.8. The van der Waals surface area contributed by atoms with Crippen molar-refractivity contribution in [2.75, 3.05) is 18.1 Å². The van der Waals surface area contributed by atoms with Crippen LogP contribution >= 0.6 is 10.7 Å². The summed E-state index contributed by atoms with van der Waals surface area (Å²) in [5.41, 5.74) is 0. The third-order valence-electron chi connectivity index (χ3n) is 2.30. The van der Waals surface area contributed by atoms with Crippen LogP contribution < -0.4 is 5.32 Å². The molecule has 0 aromatic carbocycles. The van der Waals surface area contributed by atoms with Crippen LogP contribution in [0.3, 0.4) is 0 Å². The van der Waals surface area contributed by atoms with Crippen LogP contribution in [0.25, 0.3) is 0 Å². The van der Waals surface area contributed by atoms with Crippen molar-refractivity contribution in [1.29, 1.82) is 0 Å². The van der Waals surface area contributed by atoms with Crippen molar-refractivity contribution in [1.82, 2.24) is 5.32 Å². The number of carbonyl (C=O) groups excluding carboxylic acids is 1. The van der Waals surface area contributed by atoms with Gasteiger partial charge in [-0.2, -0.15) is 0 Å². The largest absolute Gasteiger partial charge is 0.455 e. The van der Waals surface area contributed by atoms with Gasteiger partial charge in [0.2, 0.25) is 0 Å². The lowest BCUT2D eigenvalue weighted by Crippen LogP contribution is -2.27. The number of amides is 1. The Morgan fingerprint density at radius 3 is 2.63 bits per heavy atom. The minimum absolute atomic E-state index is 0.0530. The molecule has 0 aliphatic carbocycles. The average molecular weight is 328 g/mol. The van der Waals surface area contributed by atoms with Crippen molar-refractivity contribution in [2.45, 2.75) is 18.7 Å². The first-order valence-corrected chi connectivity index (χ1v) is 9.23. The summed E-state index contributed by atoms with van der Waals surface area (Å²) < 4.78 is 38.5. The average Bonchev–Trinajstić information content (AvgIpc) is 2.70. The molecule has 0 saturated heterocycles. The first-order valence-electron chi connectivity index (χ1n) is 5.44. The summed E-state index contributed by atoms with van der Waals surface area (Å²) in [7, 11) is 0.277. The molecule has 1 aromatic heterocycles.